The van der Waals surface area contributed by atoms with E-state index < -0.39 is 0 Å². The third-order valence-electron chi connectivity index (χ3n) is 4.27. The summed E-state index contributed by atoms with van der Waals surface area (Å²) < 4.78 is 1.01. The van der Waals surface area contributed by atoms with E-state index in [2.05, 4.69) is 30.9 Å². The molecule has 6 heteroatoms. The Kier molecular flexibility index (Phi) is 4.35. The number of anilines is 1. The summed E-state index contributed by atoms with van der Waals surface area (Å²) in [5.74, 6) is 1.10. The molecule has 0 amide bonds. The van der Waals surface area contributed by atoms with Gasteiger partial charge in [-0.1, -0.05) is 21.1 Å². The molecule has 0 spiro atoms. The Labute approximate surface area is 133 Å². The zero-order chi connectivity index (χ0) is 14.8. The lowest BCUT2D eigenvalue weighted by Gasteiger charge is -2.37. The van der Waals surface area contributed by atoms with Gasteiger partial charge < -0.3 is 15.8 Å². The fourth-order valence-corrected chi connectivity index (χ4v) is 3.22. The molecule has 2 fully saturated rings. The highest BCUT2D eigenvalue weighted by molar-refractivity contribution is 9.10. The maximum absolute atomic E-state index is 8.95. The molecule has 21 heavy (non-hydrogen) atoms. The molecule has 1 saturated heterocycles. The van der Waals surface area contributed by atoms with Crippen LogP contribution in [-0.4, -0.2) is 48.7 Å². The van der Waals surface area contributed by atoms with Crippen molar-refractivity contribution in [3.8, 4) is 0 Å². The lowest BCUT2D eigenvalue weighted by Crippen LogP contribution is -2.47. The van der Waals surface area contributed by atoms with Gasteiger partial charge in [-0.05, 0) is 37.0 Å². The number of hydrogen-bond acceptors (Lipinski definition) is 4. The van der Waals surface area contributed by atoms with Gasteiger partial charge in [0.1, 0.15) is 0 Å². The van der Waals surface area contributed by atoms with Gasteiger partial charge >= 0.3 is 0 Å². The fraction of sp³-hybridized carbons (Fsp3) is 0.533. The van der Waals surface area contributed by atoms with Crippen LogP contribution in [0.1, 0.15) is 18.4 Å². The van der Waals surface area contributed by atoms with Gasteiger partial charge in [0.2, 0.25) is 0 Å². The Balaban J connectivity index is 1.73. The predicted molar refractivity (Wildman–Crippen MR) is 88.0 cm³/mol. The van der Waals surface area contributed by atoms with Crippen molar-refractivity contribution in [1.29, 1.82) is 0 Å². The largest absolute Gasteiger partial charge is 0.409 e. The average Bonchev–Trinajstić information content (AvgIpc) is 3.31. The quantitative estimate of drug-likeness (QED) is 0.377. The van der Waals surface area contributed by atoms with E-state index in [1.54, 1.807) is 0 Å². The maximum atomic E-state index is 8.95. The molecule has 3 rings (SSSR count). The summed E-state index contributed by atoms with van der Waals surface area (Å²) in [5, 5.41) is 12.1. The second kappa shape index (κ2) is 6.23. The normalized spacial score (nSPS) is 20.8. The lowest BCUT2D eigenvalue weighted by molar-refractivity contribution is 0.248. The van der Waals surface area contributed by atoms with E-state index >= 15 is 0 Å². The van der Waals surface area contributed by atoms with Crippen LogP contribution in [0, 0.1) is 5.92 Å². The van der Waals surface area contributed by atoms with Crippen LogP contribution in [0.15, 0.2) is 27.8 Å². The van der Waals surface area contributed by atoms with Crippen molar-refractivity contribution < 1.29 is 5.21 Å². The summed E-state index contributed by atoms with van der Waals surface area (Å²) in [6.07, 6.45) is 2.80. The van der Waals surface area contributed by atoms with Crippen molar-refractivity contribution in [3.63, 3.8) is 0 Å². The summed E-state index contributed by atoms with van der Waals surface area (Å²) in [6, 6.07) is 5.86. The second-order valence-electron chi connectivity index (χ2n) is 5.88. The van der Waals surface area contributed by atoms with Gasteiger partial charge in [-0.2, -0.15) is 0 Å². The van der Waals surface area contributed by atoms with Gasteiger partial charge in [0.05, 0.1) is 0 Å². The van der Waals surface area contributed by atoms with Crippen molar-refractivity contribution in [2.75, 3.05) is 37.6 Å². The molecule has 0 atom stereocenters. The Bertz CT molecular complexity index is 536. The monoisotopic (exact) mass is 352 g/mol. The zero-order valence-electron chi connectivity index (χ0n) is 12.0. The molecule has 5 nitrogen and oxygen atoms in total. The van der Waals surface area contributed by atoms with Gasteiger partial charge in [-0.15, -0.1) is 0 Å². The first-order chi connectivity index (χ1) is 10.2. The molecule has 2 aliphatic rings. The second-order valence-corrected chi connectivity index (χ2v) is 6.79. The van der Waals surface area contributed by atoms with Crippen molar-refractivity contribution in [2.24, 2.45) is 16.8 Å². The Morgan fingerprint density at radius 2 is 2.00 bits per heavy atom. The smallest absolute Gasteiger partial charge is 0.172 e. The first-order valence-electron chi connectivity index (χ1n) is 7.42. The number of hydrogen-bond donors (Lipinski definition) is 2. The first-order valence-corrected chi connectivity index (χ1v) is 8.21. The first kappa shape index (κ1) is 14.7. The van der Waals surface area contributed by atoms with Crippen LogP contribution in [-0.2, 0) is 0 Å². The van der Waals surface area contributed by atoms with E-state index in [9.17, 15) is 0 Å². The molecule has 3 N–H and O–H groups in total. The van der Waals surface area contributed by atoms with Crippen LogP contribution < -0.4 is 10.6 Å². The number of halogens is 1. The van der Waals surface area contributed by atoms with Crippen LogP contribution in [0.5, 0.6) is 0 Å². The molecule has 0 bridgehead atoms. The van der Waals surface area contributed by atoms with E-state index in [4.69, 9.17) is 10.9 Å². The minimum Gasteiger partial charge on any atom is -0.409 e. The van der Waals surface area contributed by atoms with Crippen LogP contribution in [0.4, 0.5) is 5.69 Å². The molecule has 1 aromatic carbocycles. The Morgan fingerprint density at radius 3 is 2.62 bits per heavy atom. The van der Waals surface area contributed by atoms with E-state index in [0.717, 1.165) is 47.8 Å². The number of piperazine rings is 1. The van der Waals surface area contributed by atoms with Crippen LogP contribution in [0.3, 0.4) is 0 Å². The Morgan fingerprint density at radius 1 is 1.29 bits per heavy atom. The molecule has 0 unspecified atom stereocenters. The minimum absolute atomic E-state index is 0.165. The molecule has 114 valence electrons. The summed E-state index contributed by atoms with van der Waals surface area (Å²) in [5.41, 5.74) is 7.62. The minimum atomic E-state index is 0.165. The molecule has 1 aliphatic heterocycles. The fourth-order valence-electron chi connectivity index (χ4n) is 2.87. The van der Waals surface area contributed by atoms with E-state index in [0.29, 0.717) is 0 Å². The summed E-state index contributed by atoms with van der Waals surface area (Å²) >= 11 is 3.51. The molecule has 1 aromatic rings. The number of benzene rings is 1. The number of nitrogens with zero attached hydrogens (tertiary/aromatic N) is 3. The van der Waals surface area contributed by atoms with Gasteiger partial charge in [0.25, 0.3) is 0 Å². The van der Waals surface area contributed by atoms with Crippen molar-refractivity contribution in [3.05, 3.63) is 28.2 Å². The lowest BCUT2D eigenvalue weighted by atomic mass is 10.1. The van der Waals surface area contributed by atoms with E-state index in [-0.39, 0.29) is 5.84 Å². The third-order valence-corrected chi connectivity index (χ3v) is 4.76. The molecule has 1 heterocycles. The third kappa shape index (κ3) is 3.49. The average molecular weight is 353 g/mol. The summed E-state index contributed by atoms with van der Waals surface area (Å²) in [6.45, 7) is 5.38. The van der Waals surface area contributed by atoms with Gasteiger partial charge in [0, 0.05) is 48.4 Å². The molecule has 1 saturated carbocycles. The van der Waals surface area contributed by atoms with Crippen molar-refractivity contribution in [2.45, 2.75) is 12.8 Å². The van der Waals surface area contributed by atoms with Crippen LogP contribution in [0.2, 0.25) is 0 Å². The number of oxime groups is 1. The summed E-state index contributed by atoms with van der Waals surface area (Å²) in [4.78, 5) is 4.87. The zero-order valence-corrected chi connectivity index (χ0v) is 13.6. The topological polar surface area (TPSA) is 65.1 Å². The van der Waals surface area contributed by atoms with Gasteiger partial charge in [-0.25, -0.2) is 0 Å². The molecular formula is C15H21BrN4O. The summed E-state index contributed by atoms with van der Waals surface area (Å²) in [7, 11) is 0. The highest BCUT2D eigenvalue weighted by Gasteiger charge is 2.27. The van der Waals surface area contributed by atoms with Crippen LogP contribution in [0.25, 0.3) is 0 Å². The molecule has 1 aliphatic carbocycles. The van der Waals surface area contributed by atoms with Gasteiger partial charge in [0.15, 0.2) is 5.84 Å². The highest BCUT2D eigenvalue weighted by atomic mass is 79.9. The maximum Gasteiger partial charge on any atom is 0.172 e. The molecule has 0 aromatic heterocycles. The van der Waals surface area contributed by atoms with E-state index in [1.807, 2.05) is 18.2 Å². The molecular weight excluding hydrogens is 332 g/mol. The van der Waals surface area contributed by atoms with Gasteiger partial charge in [-0.3, -0.25) is 4.90 Å². The number of rotatable bonds is 4. The van der Waals surface area contributed by atoms with Crippen molar-refractivity contribution in [1.82, 2.24) is 4.90 Å². The Hall–Kier alpha value is -1.27. The SMILES string of the molecule is N/C(=N/O)c1ccc(Br)cc1N1CCN(CC2CC2)CC1. The van der Waals surface area contributed by atoms with Crippen LogP contribution >= 0.6 is 15.9 Å². The molecule has 0 radical (unpaired) electrons. The van der Waals surface area contributed by atoms with Crippen molar-refractivity contribution >= 4 is 27.5 Å². The number of amidine groups is 1. The van der Waals surface area contributed by atoms with E-state index in [1.165, 1.54) is 19.4 Å². The number of nitrogens with two attached hydrogens (primary N) is 1. The predicted octanol–water partition coefficient (Wildman–Crippen LogP) is 2.08. The standard InChI is InChI=1S/C15H21BrN4O/c16-12-3-4-13(15(17)18-21)14(9-12)20-7-5-19(6-8-20)10-11-1-2-11/h3-4,9,11,21H,1-2,5-8,10H2,(H2,17,18). The highest BCUT2D eigenvalue weighted by Crippen LogP contribution is 2.31.